The number of anilines is 1. The molecule has 0 aliphatic heterocycles. The molecule has 0 aliphatic rings. The maximum Gasteiger partial charge on any atom is 0.226 e. The van der Waals surface area contributed by atoms with Crippen molar-refractivity contribution in [2.24, 2.45) is 0 Å². The van der Waals surface area contributed by atoms with Crippen LogP contribution in [0.4, 0.5) is 10.2 Å². The zero-order valence-corrected chi connectivity index (χ0v) is 13.8. The lowest BCUT2D eigenvalue weighted by atomic mass is 10.3. The third-order valence-electron chi connectivity index (χ3n) is 3.03. The van der Waals surface area contributed by atoms with Crippen LogP contribution < -0.4 is 5.32 Å². The summed E-state index contributed by atoms with van der Waals surface area (Å²) in [5, 5.41) is 7.26. The summed E-state index contributed by atoms with van der Waals surface area (Å²) in [7, 11) is 0. The Balaban J connectivity index is 1.84. The van der Waals surface area contributed by atoms with Gasteiger partial charge in [0, 0.05) is 29.2 Å². The Morgan fingerprint density at radius 1 is 1.36 bits per heavy atom. The van der Waals surface area contributed by atoms with Crippen molar-refractivity contribution >= 4 is 23.5 Å². The molecular weight excluding hydrogens is 301 g/mol. The minimum absolute atomic E-state index is 0.0450. The van der Waals surface area contributed by atoms with E-state index in [0.717, 1.165) is 16.4 Å². The van der Waals surface area contributed by atoms with E-state index in [9.17, 15) is 9.18 Å². The van der Waals surface area contributed by atoms with Gasteiger partial charge in [0.2, 0.25) is 5.91 Å². The summed E-state index contributed by atoms with van der Waals surface area (Å²) in [4.78, 5) is 13.0. The van der Waals surface area contributed by atoms with Crippen LogP contribution in [0.25, 0.3) is 0 Å². The number of nitrogens with zero attached hydrogens (tertiary/aromatic N) is 2. The first-order chi connectivity index (χ1) is 10.5. The lowest BCUT2D eigenvalue weighted by molar-refractivity contribution is -0.115. The summed E-state index contributed by atoms with van der Waals surface area (Å²) in [6, 6.07) is 8.34. The van der Waals surface area contributed by atoms with Gasteiger partial charge in [-0.3, -0.25) is 4.79 Å². The molecule has 118 valence electrons. The van der Waals surface area contributed by atoms with Gasteiger partial charge in [-0.25, -0.2) is 9.07 Å². The maximum absolute atomic E-state index is 12.8. The van der Waals surface area contributed by atoms with Gasteiger partial charge in [0.05, 0.1) is 5.69 Å². The number of carbonyl (C=O) groups excluding carboxylic acids is 1. The van der Waals surface area contributed by atoms with Crippen LogP contribution in [-0.2, 0) is 4.79 Å². The molecule has 0 bridgehead atoms. The highest BCUT2D eigenvalue weighted by Crippen LogP contribution is 2.20. The molecule has 0 aliphatic carbocycles. The largest absolute Gasteiger partial charge is 0.311 e. The van der Waals surface area contributed by atoms with E-state index in [4.69, 9.17) is 0 Å². The Hall–Kier alpha value is -1.82. The average Bonchev–Trinajstić information content (AvgIpc) is 2.82. The molecule has 1 amide bonds. The van der Waals surface area contributed by atoms with Gasteiger partial charge in [-0.15, -0.1) is 11.8 Å². The highest BCUT2D eigenvalue weighted by molar-refractivity contribution is 7.99. The molecule has 0 fully saturated rings. The quantitative estimate of drug-likeness (QED) is 0.817. The molecule has 2 rings (SSSR count). The van der Waals surface area contributed by atoms with Crippen LogP contribution >= 0.6 is 11.8 Å². The number of amides is 1. The third kappa shape index (κ3) is 4.59. The van der Waals surface area contributed by atoms with Crippen molar-refractivity contribution in [3.63, 3.8) is 0 Å². The maximum atomic E-state index is 12.8. The lowest BCUT2D eigenvalue weighted by Gasteiger charge is -2.11. The molecule has 0 unspecified atom stereocenters. The smallest absolute Gasteiger partial charge is 0.226 e. The van der Waals surface area contributed by atoms with Gasteiger partial charge in [0.1, 0.15) is 11.6 Å². The summed E-state index contributed by atoms with van der Waals surface area (Å²) in [5.41, 5.74) is 0.879. The fraction of sp³-hybridized carbons (Fsp3) is 0.375. The van der Waals surface area contributed by atoms with Crippen LogP contribution in [0.5, 0.6) is 0 Å². The number of aryl methyl sites for hydroxylation is 1. The molecule has 0 saturated carbocycles. The standard InChI is InChI=1S/C16H20FN3OS/c1-11(2)20-15(10-12(3)19-20)18-16(21)8-9-22-14-6-4-13(17)5-7-14/h4-7,10-11H,8-9H2,1-3H3,(H,18,21). The van der Waals surface area contributed by atoms with Crippen LogP contribution in [0.3, 0.4) is 0 Å². The summed E-state index contributed by atoms with van der Waals surface area (Å²) in [6.45, 7) is 5.94. The topological polar surface area (TPSA) is 46.9 Å². The van der Waals surface area contributed by atoms with Gasteiger partial charge < -0.3 is 5.32 Å². The van der Waals surface area contributed by atoms with Crippen molar-refractivity contribution in [1.29, 1.82) is 0 Å². The van der Waals surface area contributed by atoms with Crippen molar-refractivity contribution in [1.82, 2.24) is 9.78 Å². The zero-order valence-electron chi connectivity index (χ0n) is 13.0. The van der Waals surface area contributed by atoms with E-state index < -0.39 is 0 Å². The molecule has 4 nitrogen and oxygen atoms in total. The zero-order chi connectivity index (χ0) is 16.1. The second kappa shape index (κ2) is 7.45. The molecule has 0 spiro atoms. The molecule has 0 radical (unpaired) electrons. The Morgan fingerprint density at radius 2 is 2.05 bits per heavy atom. The van der Waals surface area contributed by atoms with Crippen molar-refractivity contribution in [3.05, 3.63) is 41.8 Å². The normalized spacial score (nSPS) is 11.0. The fourth-order valence-corrected chi connectivity index (χ4v) is 2.85. The van der Waals surface area contributed by atoms with Crippen LogP contribution in [-0.4, -0.2) is 21.4 Å². The van der Waals surface area contributed by atoms with Gasteiger partial charge >= 0.3 is 0 Å². The van der Waals surface area contributed by atoms with E-state index in [2.05, 4.69) is 10.4 Å². The second-order valence-corrected chi connectivity index (χ2v) is 6.48. The van der Waals surface area contributed by atoms with Crippen molar-refractivity contribution in [3.8, 4) is 0 Å². The number of hydrogen-bond acceptors (Lipinski definition) is 3. The SMILES string of the molecule is Cc1cc(NC(=O)CCSc2ccc(F)cc2)n(C(C)C)n1. The van der Waals surface area contributed by atoms with Gasteiger partial charge in [0.15, 0.2) is 0 Å². The van der Waals surface area contributed by atoms with Crippen LogP contribution in [0.1, 0.15) is 32.0 Å². The number of nitrogens with one attached hydrogen (secondary N) is 1. The summed E-state index contributed by atoms with van der Waals surface area (Å²) in [5.74, 6) is 1.08. The van der Waals surface area contributed by atoms with E-state index in [-0.39, 0.29) is 17.8 Å². The fourth-order valence-electron chi connectivity index (χ4n) is 2.00. The first kappa shape index (κ1) is 16.5. The summed E-state index contributed by atoms with van der Waals surface area (Å²) >= 11 is 1.53. The van der Waals surface area contributed by atoms with Gasteiger partial charge in [-0.05, 0) is 45.0 Å². The molecule has 1 N–H and O–H groups in total. The van der Waals surface area contributed by atoms with Crippen LogP contribution in [0.2, 0.25) is 0 Å². The number of benzene rings is 1. The van der Waals surface area contributed by atoms with Crippen molar-refractivity contribution in [2.45, 2.75) is 38.1 Å². The highest BCUT2D eigenvalue weighted by atomic mass is 32.2. The van der Waals surface area contributed by atoms with Crippen LogP contribution in [0.15, 0.2) is 35.2 Å². The van der Waals surface area contributed by atoms with E-state index in [0.29, 0.717) is 12.2 Å². The Bertz CT molecular complexity index is 637. The molecular formula is C16H20FN3OS. The highest BCUT2D eigenvalue weighted by Gasteiger charge is 2.11. The van der Waals surface area contributed by atoms with E-state index in [1.165, 1.54) is 23.9 Å². The average molecular weight is 321 g/mol. The number of thioether (sulfide) groups is 1. The molecule has 1 aromatic carbocycles. The summed E-state index contributed by atoms with van der Waals surface area (Å²) in [6.07, 6.45) is 0.393. The molecule has 1 heterocycles. The second-order valence-electron chi connectivity index (χ2n) is 5.31. The van der Waals surface area contributed by atoms with Gasteiger partial charge in [0.25, 0.3) is 0 Å². The first-order valence-corrected chi connectivity index (χ1v) is 8.18. The molecule has 1 aromatic heterocycles. The molecule has 0 atom stereocenters. The van der Waals surface area contributed by atoms with E-state index >= 15 is 0 Å². The predicted molar refractivity (Wildman–Crippen MR) is 87.7 cm³/mol. The Labute approximate surface area is 134 Å². The van der Waals surface area contributed by atoms with E-state index in [1.54, 1.807) is 16.8 Å². The molecule has 22 heavy (non-hydrogen) atoms. The number of carbonyl (C=O) groups is 1. The van der Waals surface area contributed by atoms with Crippen molar-refractivity contribution < 1.29 is 9.18 Å². The molecule has 0 saturated heterocycles. The van der Waals surface area contributed by atoms with Crippen molar-refractivity contribution in [2.75, 3.05) is 11.1 Å². The summed E-state index contributed by atoms with van der Waals surface area (Å²) < 4.78 is 14.6. The van der Waals surface area contributed by atoms with Gasteiger partial charge in [-0.1, -0.05) is 0 Å². The van der Waals surface area contributed by atoms with Crippen LogP contribution in [0, 0.1) is 12.7 Å². The monoisotopic (exact) mass is 321 g/mol. The minimum Gasteiger partial charge on any atom is -0.311 e. The first-order valence-electron chi connectivity index (χ1n) is 7.20. The van der Waals surface area contributed by atoms with E-state index in [1.807, 2.05) is 26.8 Å². The predicted octanol–water partition coefficient (Wildman–Crippen LogP) is 4.03. The lowest BCUT2D eigenvalue weighted by Crippen LogP contribution is -2.16. The number of hydrogen-bond donors (Lipinski definition) is 1. The Kier molecular flexibility index (Phi) is 5.60. The Morgan fingerprint density at radius 3 is 2.68 bits per heavy atom. The number of rotatable bonds is 6. The third-order valence-corrected chi connectivity index (χ3v) is 4.04. The number of aromatic nitrogens is 2. The van der Waals surface area contributed by atoms with Gasteiger partial charge in [-0.2, -0.15) is 5.10 Å². The number of halogens is 1. The minimum atomic E-state index is -0.251. The molecule has 6 heteroatoms. The molecule has 2 aromatic rings.